The molecule has 0 aromatic heterocycles. The van der Waals surface area contributed by atoms with Crippen LogP contribution in [0.3, 0.4) is 0 Å². The summed E-state index contributed by atoms with van der Waals surface area (Å²) in [6, 6.07) is 3.22. The SMILES string of the molecule is CNC(=O)CCSc1ccc(C(F)(F)F)cc1N. The van der Waals surface area contributed by atoms with Crippen molar-refractivity contribution in [3.63, 3.8) is 0 Å². The van der Waals surface area contributed by atoms with Crippen LogP contribution in [-0.2, 0) is 11.0 Å². The smallest absolute Gasteiger partial charge is 0.398 e. The number of anilines is 1. The normalized spacial score (nSPS) is 11.3. The van der Waals surface area contributed by atoms with Gasteiger partial charge in [0.15, 0.2) is 0 Å². The molecule has 7 heteroatoms. The Bertz CT molecular complexity index is 435. The van der Waals surface area contributed by atoms with Gasteiger partial charge in [-0.15, -0.1) is 11.8 Å². The third kappa shape index (κ3) is 4.14. The fourth-order valence-electron chi connectivity index (χ4n) is 1.23. The molecule has 0 aliphatic heterocycles. The van der Waals surface area contributed by atoms with E-state index < -0.39 is 11.7 Å². The maximum absolute atomic E-state index is 12.4. The highest BCUT2D eigenvalue weighted by molar-refractivity contribution is 7.99. The highest BCUT2D eigenvalue weighted by Crippen LogP contribution is 2.34. The number of thioether (sulfide) groups is 1. The lowest BCUT2D eigenvalue weighted by molar-refractivity contribution is -0.137. The zero-order valence-electron chi connectivity index (χ0n) is 9.67. The van der Waals surface area contributed by atoms with E-state index in [0.29, 0.717) is 17.1 Å². The number of halogens is 3. The molecule has 1 aromatic rings. The molecule has 3 nitrogen and oxygen atoms in total. The maximum Gasteiger partial charge on any atom is 0.416 e. The molecule has 0 aliphatic carbocycles. The molecule has 0 saturated carbocycles. The van der Waals surface area contributed by atoms with Gasteiger partial charge < -0.3 is 11.1 Å². The van der Waals surface area contributed by atoms with Gasteiger partial charge >= 0.3 is 6.18 Å². The average Bonchev–Trinajstić information content (AvgIpc) is 2.29. The molecule has 0 atom stereocenters. The van der Waals surface area contributed by atoms with Crippen LogP contribution >= 0.6 is 11.8 Å². The minimum absolute atomic E-state index is 0.0757. The van der Waals surface area contributed by atoms with E-state index in [1.807, 2.05) is 0 Å². The van der Waals surface area contributed by atoms with Crippen molar-refractivity contribution in [1.29, 1.82) is 0 Å². The Kier molecular flexibility index (Phi) is 4.89. The molecule has 0 fully saturated rings. The molecule has 100 valence electrons. The number of benzene rings is 1. The second-order valence-electron chi connectivity index (χ2n) is 3.52. The minimum atomic E-state index is -4.39. The van der Waals surface area contributed by atoms with Crippen molar-refractivity contribution in [3.05, 3.63) is 23.8 Å². The van der Waals surface area contributed by atoms with Crippen LogP contribution in [0.15, 0.2) is 23.1 Å². The summed E-state index contributed by atoms with van der Waals surface area (Å²) in [4.78, 5) is 11.5. The third-order valence-corrected chi connectivity index (χ3v) is 3.29. The number of carbonyl (C=O) groups excluding carboxylic acids is 1. The summed E-state index contributed by atoms with van der Waals surface area (Å²) in [5.41, 5.74) is 4.85. The van der Waals surface area contributed by atoms with Crippen LogP contribution in [0, 0.1) is 0 Å². The van der Waals surface area contributed by atoms with Crippen LogP contribution in [0.25, 0.3) is 0 Å². The van der Waals surface area contributed by atoms with E-state index in [2.05, 4.69) is 5.32 Å². The quantitative estimate of drug-likeness (QED) is 0.657. The number of nitrogen functional groups attached to an aromatic ring is 1. The second-order valence-corrected chi connectivity index (χ2v) is 4.66. The Morgan fingerprint density at radius 3 is 2.61 bits per heavy atom. The van der Waals surface area contributed by atoms with Crippen molar-refractivity contribution < 1.29 is 18.0 Å². The van der Waals surface area contributed by atoms with Crippen molar-refractivity contribution >= 4 is 23.4 Å². The molecular weight excluding hydrogens is 265 g/mol. The Morgan fingerprint density at radius 1 is 1.44 bits per heavy atom. The van der Waals surface area contributed by atoms with E-state index in [9.17, 15) is 18.0 Å². The molecule has 0 spiro atoms. The molecule has 0 bridgehead atoms. The van der Waals surface area contributed by atoms with E-state index >= 15 is 0 Å². The predicted octanol–water partition coefficient (Wildman–Crippen LogP) is 2.52. The van der Waals surface area contributed by atoms with Crippen molar-refractivity contribution in [2.45, 2.75) is 17.5 Å². The van der Waals surface area contributed by atoms with Crippen molar-refractivity contribution in [1.82, 2.24) is 5.32 Å². The molecule has 0 unspecified atom stereocenters. The number of amides is 1. The highest BCUT2D eigenvalue weighted by Gasteiger charge is 2.30. The van der Waals surface area contributed by atoms with Gasteiger partial charge in [0.2, 0.25) is 5.91 Å². The standard InChI is InChI=1S/C11H13F3N2OS/c1-16-10(17)4-5-18-9-3-2-7(6-8(9)15)11(12,13)14/h2-3,6H,4-5,15H2,1H3,(H,16,17). The number of nitrogens with one attached hydrogen (secondary N) is 1. The van der Waals surface area contributed by atoms with Crippen molar-refractivity contribution in [2.24, 2.45) is 0 Å². The molecule has 0 heterocycles. The van der Waals surface area contributed by atoms with Crippen LogP contribution < -0.4 is 11.1 Å². The molecule has 18 heavy (non-hydrogen) atoms. The molecule has 1 amide bonds. The second kappa shape index (κ2) is 5.99. The van der Waals surface area contributed by atoms with Crippen molar-refractivity contribution in [3.8, 4) is 0 Å². The lowest BCUT2D eigenvalue weighted by Crippen LogP contribution is -2.17. The Labute approximate surface area is 107 Å². The van der Waals surface area contributed by atoms with Gasteiger partial charge in [-0.1, -0.05) is 0 Å². The molecule has 1 rings (SSSR count). The predicted molar refractivity (Wildman–Crippen MR) is 65.3 cm³/mol. The first kappa shape index (κ1) is 14.7. The van der Waals surface area contributed by atoms with Gasteiger partial charge in [0.25, 0.3) is 0 Å². The van der Waals surface area contributed by atoms with Gasteiger partial charge in [-0.05, 0) is 18.2 Å². The first-order valence-corrected chi connectivity index (χ1v) is 6.13. The average molecular weight is 278 g/mol. The van der Waals surface area contributed by atoms with Gasteiger partial charge in [0, 0.05) is 29.8 Å². The summed E-state index contributed by atoms with van der Waals surface area (Å²) in [5, 5.41) is 2.46. The number of rotatable bonds is 4. The molecule has 1 aromatic carbocycles. The van der Waals surface area contributed by atoms with Crippen LogP contribution in [-0.4, -0.2) is 18.7 Å². The number of alkyl halides is 3. The van der Waals surface area contributed by atoms with E-state index in [-0.39, 0.29) is 11.6 Å². The Hall–Kier alpha value is -1.37. The third-order valence-electron chi connectivity index (χ3n) is 2.20. The number of hydrogen-bond acceptors (Lipinski definition) is 3. The highest BCUT2D eigenvalue weighted by atomic mass is 32.2. The van der Waals surface area contributed by atoms with Gasteiger partial charge in [-0.25, -0.2) is 0 Å². The summed E-state index contributed by atoms with van der Waals surface area (Å²) in [7, 11) is 1.53. The van der Waals surface area contributed by atoms with E-state index in [0.717, 1.165) is 12.1 Å². The van der Waals surface area contributed by atoms with Crippen LogP contribution in [0.5, 0.6) is 0 Å². The zero-order valence-corrected chi connectivity index (χ0v) is 10.5. The molecular formula is C11H13F3N2OS. The number of carbonyl (C=O) groups is 1. The summed E-state index contributed by atoms with van der Waals surface area (Å²) < 4.78 is 37.2. The fourth-order valence-corrected chi connectivity index (χ4v) is 2.13. The largest absolute Gasteiger partial charge is 0.416 e. The summed E-state index contributed by atoms with van der Waals surface area (Å²) in [6.45, 7) is 0. The summed E-state index contributed by atoms with van der Waals surface area (Å²) >= 11 is 1.26. The number of nitrogens with two attached hydrogens (primary N) is 1. The topological polar surface area (TPSA) is 55.1 Å². The van der Waals surface area contributed by atoms with Gasteiger partial charge in [-0.3, -0.25) is 4.79 Å². The van der Waals surface area contributed by atoms with Crippen molar-refractivity contribution in [2.75, 3.05) is 18.5 Å². The van der Waals surface area contributed by atoms with Gasteiger partial charge in [0.1, 0.15) is 0 Å². The Balaban J connectivity index is 2.66. The zero-order chi connectivity index (χ0) is 13.8. The van der Waals surface area contributed by atoms with Gasteiger partial charge in [0.05, 0.1) is 5.56 Å². The fraction of sp³-hybridized carbons (Fsp3) is 0.364. The van der Waals surface area contributed by atoms with Crippen LogP contribution in [0.2, 0.25) is 0 Å². The number of hydrogen-bond donors (Lipinski definition) is 2. The van der Waals surface area contributed by atoms with E-state index in [1.165, 1.54) is 24.9 Å². The lowest BCUT2D eigenvalue weighted by atomic mass is 10.2. The first-order valence-electron chi connectivity index (χ1n) is 5.14. The monoisotopic (exact) mass is 278 g/mol. The van der Waals surface area contributed by atoms with Crippen LogP contribution in [0.4, 0.5) is 18.9 Å². The molecule has 0 saturated heterocycles. The first-order chi connectivity index (χ1) is 8.34. The van der Waals surface area contributed by atoms with E-state index in [4.69, 9.17) is 5.73 Å². The molecule has 0 radical (unpaired) electrons. The summed E-state index contributed by atoms with van der Waals surface area (Å²) in [5.74, 6) is 0.350. The summed E-state index contributed by atoms with van der Waals surface area (Å²) in [6.07, 6.45) is -4.10. The van der Waals surface area contributed by atoms with Crippen LogP contribution in [0.1, 0.15) is 12.0 Å². The maximum atomic E-state index is 12.4. The lowest BCUT2D eigenvalue weighted by Gasteiger charge is -2.10. The minimum Gasteiger partial charge on any atom is -0.398 e. The van der Waals surface area contributed by atoms with E-state index in [1.54, 1.807) is 0 Å². The molecule has 0 aliphatic rings. The molecule has 3 N–H and O–H groups in total. The Morgan fingerprint density at radius 2 is 2.11 bits per heavy atom. The van der Waals surface area contributed by atoms with Gasteiger partial charge in [-0.2, -0.15) is 13.2 Å².